The first-order chi connectivity index (χ1) is 8.94. The molecule has 0 saturated heterocycles. The van der Waals surface area contributed by atoms with Gasteiger partial charge in [0.15, 0.2) is 4.80 Å². The van der Waals surface area contributed by atoms with Crippen LogP contribution in [0.15, 0.2) is 17.0 Å². The molecule has 3 rings (SSSR count). The van der Waals surface area contributed by atoms with Gasteiger partial charge in [0.1, 0.15) is 5.75 Å². The average molecular weight is 306 g/mol. The summed E-state index contributed by atoms with van der Waals surface area (Å²) in [4.78, 5) is 1.12. The maximum atomic E-state index is 12.3. The maximum Gasteiger partial charge on any atom is 0.573 e. The summed E-state index contributed by atoms with van der Waals surface area (Å²) in [5.41, 5.74) is 0.854. The quantitative estimate of drug-likeness (QED) is 0.874. The highest BCUT2D eigenvalue weighted by atomic mass is 32.2. The number of benzene rings is 1. The van der Waals surface area contributed by atoms with Gasteiger partial charge >= 0.3 is 6.36 Å². The number of ether oxygens (including phenoxy) is 1. The van der Waals surface area contributed by atoms with Gasteiger partial charge in [0.2, 0.25) is 0 Å². The van der Waals surface area contributed by atoms with Crippen molar-refractivity contribution in [1.29, 1.82) is 5.41 Å². The zero-order chi connectivity index (χ0) is 13.6. The zero-order valence-electron chi connectivity index (χ0n) is 9.58. The Morgan fingerprint density at radius 1 is 1.32 bits per heavy atom. The van der Waals surface area contributed by atoms with Gasteiger partial charge in [0.25, 0.3) is 0 Å². The van der Waals surface area contributed by atoms with Gasteiger partial charge in [-0.2, -0.15) is 0 Å². The molecule has 2 aromatic rings. The van der Waals surface area contributed by atoms with Crippen molar-refractivity contribution < 1.29 is 17.9 Å². The smallest absolute Gasteiger partial charge is 0.406 e. The Balaban J connectivity index is 2.19. The fourth-order valence-electron chi connectivity index (χ4n) is 2.08. The Bertz CT molecular complexity index is 690. The number of hydrogen-bond donors (Lipinski definition) is 1. The second-order valence-corrected chi connectivity index (χ2v) is 6.24. The van der Waals surface area contributed by atoms with Crippen molar-refractivity contribution in [3.05, 3.63) is 16.9 Å². The Morgan fingerprint density at radius 3 is 2.84 bits per heavy atom. The van der Waals surface area contributed by atoms with E-state index in [4.69, 9.17) is 5.41 Å². The van der Waals surface area contributed by atoms with E-state index in [0.717, 1.165) is 29.1 Å². The molecule has 8 heteroatoms. The molecular formula is C11H9F3N2OS2. The standard InChI is InChI=1S/C11H9F3N2OS2/c12-11(13,14)17-6-4-7-9-8(5-6)19-10(15)16(9)2-1-3-18-7/h4-5,15H,1-3H2. The maximum absolute atomic E-state index is 12.3. The van der Waals surface area contributed by atoms with Crippen LogP contribution >= 0.6 is 23.1 Å². The number of rotatable bonds is 1. The van der Waals surface area contributed by atoms with Gasteiger partial charge in [0, 0.05) is 17.5 Å². The lowest BCUT2D eigenvalue weighted by Gasteiger charge is -2.10. The molecule has 0 aliphatic carbocycles. The van der Waals surface area contributed by atoms with Crippen LogP contribution in [0.5, 0.6) is 5.75 Å². The molecular weight excluding hydrogens is 297 g/mol. The number of hydrogen-bond acceptors (Lipinski definition) is 4. The summed E-state index contributed by atoms with van der Waals surface area (Å²) < 4.78 is 43.4. The summed E-state index contributed by atoms with van der Waals surface area (Å²) >= 11 is 2.69. The van der Waals surface area contributed by atoms with Gasteiger partial charge in [-0.05, 0) is 18.2 Å². The Morgan fingerprint density at radius 2 is 2.11 bits per heavy atom. The van der Waals surface area contributed by atoms with Gasteiger partial charge < -0.3 is 9.30 Å². The molecule has 0 bridgehead atoms. The SMILES string of the molecule is N=c1sc2cc(OC(F)(F)F)cc3c2n1CCCS3. The number of thiazole rings is 1. The van der Waals surface area contributed by atoms with E-state index in [9.17, 15) is 13.2 Å². The van der Waals surface area contributed by atoms with Crippen LogP contribution in [-0.2, 0) is 6.54 Å². The molecule has 0 amide bonds. The Hall–Kier alpha value is -1.15. The van der Waals surface area contributed by atoms with Crippen molar-refractivity contribution in [2.24, 2.45) is 0 Å². The summed E-state index contributed by atoms with van der Waals surface area (Å²) in [6.07, 6.45) is -3.79. The second kappa shape index (κ2) is 4.45. The number of nitrogens with zero attached hydrogens (tertiary/aromatic N) is 1. The third-order valence-corrected chi connectivity index (χ3v) is 4.81. The van der Waals surface area contributed by atoms with Crippen LogP contribution in [0, 0.1) is 5.41 Å². The molecule has 1 aromatic carbocycles. The second-order valence-electron chi connectivity index (χ2n) is 4.08. The molecule has 0 spiro atoms. The number of nitrogens with one attached hydrogen (secondary N) is 1. The fraction of sp³-hybridized carbons (Fsp3) is 0.364. The summed E-state index contributed by atoms with van der Waals surface area (Å²) in [6.45, 7) is 0.734. The predicted octanol–water partition coefficient (Wildman–Crippen LogP) is 3.58. The van der Waals surface area contributed by atoms with Crippen molar-refractivity contribution in [1.82, 2.24) is 4.57 Å². The summed E-state index contributed by atoms with van der Waals surface area (Å²) in [5.74, 6) is 0.619. The van der Waals surface area contributed by atoms with Crippen LogP contribution in [0.25, 0.3) is 10.2 Å². The topological polar surface area (TPSA) is 38.0 Å². The largest absolute Gasteiger partial charge is 0.573 e. The highest BCUT2D eigenvalue weighted by Gasteiger charge is 2.31. The lowest BCUT2D eigenvalue weighted by Crippen LogP contribution is -2.17. The molecule has 0 radical (unpaired) electrons. The van der Waals surface area contributed by atoms with E-state index < -0.39 is 6.36 Å². The van der Waals surface area contributed by atoms with Gasteiger partial charge in [-0.3, -0.25) is 5.41 Å². The number of aromatic nitrogens is 1. The molecule has 0 saturated carbocycles. The average Bonchev–Trinajstić information content (AvgIpc) is 2.47. The first kappa shape index (κ1) is 12.9. The van der Waals surface area contributed by atoms with Crippen LogP contribution in [0.1, 0.15) is 6.42 Å². The minimum atomic E-state index is -4.69. The zero-order valence-corrected chi connectivity index (χ0v) is 11.2. The Labute approximate surface area is 114 Å². The molecule has 1 N–H and O–H groups in total. The van der Waals surface area contributed by atoms with Crippen LogP contribution in [0.3, 0.4) is 0 Å². The highest BCUT2D eigenvalue weighted by Crippen LogP contribution is 2.37. The van der Waals surface area contributed by atoms with E-state index in [2.05, 4.69) is 4.74 Å². The minimum Gasteiger partial charge on any atom is -0.406 e. The van der Waals surface area contributed by atoms with Crippen molar-refractivity contribution in [2.75, 3.05) is 5.75 Å². The van der Waals surface area contributed by atoms with Crippen LogP contribution in [-0.4, -0.2) is 16.7 Å². The molecule has 2 heterocycles. The minimum absolute atomic E-state index is 0.210. The first-order valence-corrected chi connectivity index (χ1v) is 7.35. The molecule has 19 heavy (non-hydrogen) atoms. The fourth-order valence-corrected chi connectivity index (χ4v) is 4.19. The lowest BCUT2D eigenvalue weighted by molar-refractivity contribution is -0.274. The first-order valence-electron chi connectivity index (χ1n) is 5.54. The van der Waals surface area contributed by atoms with Gasteiger partial charge in [0.05, 0.1) is 10.2 Å². The van der Waals surface area contributed by atoms with Gasteiger partial charge in [-0.1, -0.05) is 11.3 Å². The molecule has 1 aliphatic heterocycles. The molecule has 3 nitrogen and oxygen atoms in total. The van der Waals surface area contributed by atoms with E-state index in [-0.39, 0.29) is 5.75 Å². The number of thioether (sulfide) groups is 1. The van der Waals surface area contributed by atoms with Crippen molar-refractivity contribution >= 4 is 33.3 Å². The van der Waals surface area contributed by atoms with E-state index in [0.29, 0.717) is 9.50 Å². The third kappa shape index (κ3) is 2.46. The molecule has 0 fully saturated rings. The van der Waals surface area contributed by atoms with Gasteiger partial charge in [-0.15, -0.1) is 24.9 Å². The normalized spacial score (nSPS) is 15.5. The van der Waals surface area contributed by atoms with E-state index in [1.54, 1.807) is 0 Å². The molecule has 102 valence electrons. The van der Waals surface area contributed by atoms with E-state index in [1.807, 2.05) is 4.57 Å². The molecule has 0 unspecified atom stereocenters. The molecule has 0 atom stereocenters. The van der Waals surface area contributed by atoms with Gasteiger partial charge in [-0.25, -0.2) is 0 Å². The van der Waals surface area contributed by atoms with Crippen molar-refractivity contribution in [2.45, 2.75) is 24.2 Å². The van der Waals surface area contributed by atoms with Crippen molar-refractivity contribution in [3.8, 4) is 5.75 Å². The van der Waals surface area contributed by atoms with Crippen molar-refractivity contribution in [3.63, 3.8) is 0 Å². The molecule has 1 aliphatic rings. The van der Waals surface area contributed by atoms with Crippen LogP contribution in [0.4, 0.5) is 13.2 Å². The monoisotopic (exact) mass is 306 g/mol. The summed E-state index contributed by atoms with van der Waals surface area (Å²) in [7, 11) is 0. The number of aryl methyl sites for hydroxylation is 1. The Kier molecular flexibility index (Phi) is 3.01. The predicted molar refractivity (Wildman–Crippen MR) is 67.7 cm³/mol. The third-order valence-electron chi connectivity index (χ3n) is 2.75. The van der Waals surface area contributed by atoms with E-state index >= 15 is 0 Å². The highest BCUT2D eigenvalue weighted by molar-refractivity contribution is 7.99. The van der Waals surface area contributed by atoms with E-state index in [1.165, 1.54) is 35.2 Å². The lowest BCUT2D eigenvalue weighted by atomic mass is 10.3. The number of alkyl halides is 3. The number of halogens is 3. The summed E-state index contributed by atoms with van der Waals surface area (Å²) in [6, 6.07) is 2.77. The van der Waals surface area contributed by atoms with Crippen LogP contribution in [0.2, 0.25) is 0 Å². The van der Waals surface area contributed by atoms with Crippen LogP contribution < -0.4 is 9.54 Å². The summed E-state index contributed by atoms with van der Waals surface area (Å²) in [5, 5.41) is 7.89. The molecule has 1 aromatic heterocycles.